The zero-order valence-corrected chi connectivity index (χ0v) is 8.06. The molecule has 15 heavy (non-hydrogen) atoms. The molecule has 0 amide bonds. The van der Waals surface area contributed by atoms with E-state index in [1.807, 2.05) is 4.90 Å². The third-order valence-corrected chi connectivity index (χ3v) is 2.42. The zero-order valence-electron chi connectivity index (χ0n) is 8.06. The average Bonchev–Trinajstić information content (AvgIpc) is 2.69. The van der Waals surface area contributed by atoms with Gasteiger partial charge < -0.3 is 10.0 Å². The summed E-state index contributed by atoms with van der Waals surface area (Å²) in [6, 6.07) is 0. The molecule has 2 rings (SSSR count). The fraction of sp³-hybridized carbons (Fsp3) is 0.444. The van der Waals surface area contributed by atoms with Crippen LogP contribution in [0.1, 0.15) is 23.2 Å². The second-order valence-electron chi connectivity index (χ2n) is 3.45. The lowest BCUT2D eigenvalue weighted by molar-refractivity contribution is 0.0694. The molecule has 0 bridgehead atoms. The summed E-state index contributed by atoms with van der Waals surface area (Å²) in [5, 5.41) is 8.65. The van der Waals surface area contributed by atoms with Crippen LogP contribution in [0.25, 0.3) is 0 Å². The van der Waals surface area contributed by atoms with Crippen LogP contribution in [0.3, 0.4) is 0 Å². The summed E-state index contributed by atoms with van der Waals surface area (Å²) in [6.45, 7) is 1.71. The lowest BCUT2D eigenvalue weighted by Gasteiger charge is -2.14. The van der Waals surface area contributed by atoms with Gasteiger partial charge in [-0.1, -0.05) is 0 Å². The van der Waals surface area contributed by atoms with Crippen LogP contribution in [0.15, 0.2) is 11.0 Å². The van der Waals surface area contributed by atoms with Crippen molar-refractivity contribution in [2.45, 2.75) is 12.8 Å². The summed E-state index contributed by atoms with van der Waals surface area (Å²) in [4.78, 5) is 30.3. The van der Waals surface area contributed by atoms with Crippen molar-refractivity contribution in [3.05, 3.63) is 22.1 Å². The second kappa shape index (κ2) is 3.72. The molecule has 2 N–H and O–H groups in total. The maximum Gasteiger partial charge on any atom is 0.342 e. The number of carboxylic acid groups (broad SMARTS) is 1. The predicted octanol–water partition coefficient (Wildman–Crippen LogP) is 0.0683. The van der Waals surface area contributed by atoms with Crippen LogP contribution in [0.4, 0.5) is 5.95 Å². The SMILES string of the molecule is O=C(O)c1cnc(N2CCCC2)[nH]c1=O. The summed E-state index contributed by atoms with van der Waals surface area (Å²) >= 11 is 0. The molecule has 6 heteroatoms. The largest absolute Gasteiger partial charge is 0.477 e. The first-order valence-electron chi connectivity index (χ1n) is 4.76. The van der Waals surface area contributed by atoms with Gasteiger partial charge in [-0.25, -0.2) is 9.78 Å². The fourth-order valence-electron chi connectivity index (χ4n) is 1.63. The van der Waals surface area contributed by atoms with Gasteiger partial charge >= 0.3 is 5.97 Å². The van der Waals surface area contributed by atoms with E-state index in [0.29, 0.717) is 5.95 Å². The minimum atomic E-state index is -1.25. The molecular weight excluding hydrogens is 198 g/mol. The third kappa shape index (κ3) is 1.83. The number of H-pyrrole nitrogens is 1. The number of hydrogen-bond donors (Lipinski definition) is 2. The van der Waals surface area contributed by atoms with Gasteiger partial charge in [0.25, 0.3) is 5.56 Å². The summed E-state index contributed by atoms with van der Waals surface area (Å²) in [5.41, 5.74) is -0.919. The Labute approximate surface area is 85.6 Å². The smallest absolute Gasteiger partial charge is 0.342 e. The quantitative estimate of drug-likeness (QED) is 0.719. The number of nitrogens with one attached hydrogen (secondary N) is 1. The molecule has 1 fully saturated rings. The maximum atomic E-state index is 11.3. The maximum absolute atomic E-state index is 11.3. The number of anilines is 1. The van der Waals surface area contributed by atoms with Gasteiger partial charge in [-0.2, -0.15) is 0 Å². The molecule has 0 aromatic carbocycles. The van der Waals surface area contributed by atoms with Crippen molar-refractivity contribution in [1.82, 2.24) is 9.97 Å². The van der Waals surface area contributed by atoms with Crippen LogP contribution in [0.2, 0.25) is 0 Å². The van der Waals surface area contributed by atoms with Gasteiger partial charge in [-0.15, -0.1) is 0 Å². The van der Waals surface area contributed by atoms with Crippen LogP contribution in [-0.2, 0) is 0 Å². The number of rotatable bonds is 2. The first kappa shape index (κ1) is 9.70. The standard InChI is InChI=1S/C9H11N3O3/c13-7-6(8(14)15)5-10-9(11-7)12-3-1-2-4-12/h5H,1-4H2,(H,14,15)(H,10,11,13). The Kier molecular flexibility index (Phi) is 2.40. The molecule has 0 radical (unpaired) electrons. The molecule has 0 atom stereocenters. The Morgan fingerprint density at radius 3 is 2.67 bits per heavy atom. The average molecular weight is 209 g/mol. The number of aromatic nitrogens is 2. The first-order chi connectivity index (χ1) is 7.18. The van der Waals surface area contributed by atoms with Gasteiger partial charge in [0.15, 0.2) is 0 Å². The van der Waals surface area contributed by atoms with Gasteiger partial charge in [0.2, 0.25) is 5.95 Å². The van der Waals surface area contributed by atoms with E-state index < -0.39 is 11.5 Å². The van der Waals surface area contributed by atoms with Gasteiger partial charge in [0, 0.05) is 13.1 Å². The Bertz CT molecular complexity index is 434. The highest BCUT2D eigenvalue weighted by Crippen LogP contribution is 2.13. The molecule has 2 heterocycles. The lowest BCUT2D eigenvalue weighted by atomic mass is 10.3. The summed E-state index contributed by atoms with van der Waals surface area (Å²) in [6.07, 6.45) is 3.25. The number of nitrogens with zero attached hydrogens (tertiary/aromatic N) is 2. The molecule has 1 aliphatic rings. The predicted molar refractivity (Wildman–Crippen MR) is 53.3 cm³/mol. The summed E-state index contributed by atoms with van der Waals surface area (Å²) < 4.78 is 0. The van der Waals surface area contributed by atoms with Crippen molar-refractivity contribution in [1.29, 1.82) is 0 Å². The number of aromatic amines is 1. The van der Waals surface area contributed by atoms with E-state index >= 15 is 0 Å². The molecule has 1 saturated heterocycles. The van der Waals surface area contributed by atoms with Crippen LogP contribution in [0, 0.1) is 0 Å². The molecule has 1 aromatic rings. The van der Waals surface area contributed by atoms with Crippen molar-refractivity contribution in [3.8, 4) is 0 Å². The molecule has 0 saturated carbocycles. The fourth-order valence-corrected chi connectivity index (χ4v) is 1.63. The summed E-state index contributed by atoms with van der Waals surface area (Å²) in [5.74, 6) is -0.792. The first-order valence-corrected chi connectivity index (χ1v) is 4.76. The van der Waals surface area contributed by atoms with E-state index in [0.717, 1.165) is 32.1 Å². The van der Waals surface area contributed by atoms with E-state index in [-0.39, 0.29) is 5.56 Å². The Morgan fingerprint density at radius 1 is 1.47 bits per heavy atom. The van der Waals surface area contributed by atoms with Crippen molar-refractivity contribution < 1.29 is 9.90 Å². The van der Waals surface area contributed by atoms with Crippen LogP contribution < -0.4 is 10.5 Å². The molecule has 0 unspecified atom stereocenters. The Morgan fingerprint density at radius 2 is 2.13 bits per heavy atom. The molecule has 80 valence electrons. The second-order valence-corrected chi connectivity index (χ2v) is 3.45. The molecule has 0 aliphatic carbocycles. The van der Waals surface area contributed by atoms with Crippen molar-refractivity contribution in [2.75, 3.05) is 18.0 Å². The highest BCUT2D eigenvalue weighted by atomic mass is 16.4. The van der Waals surface area contributed by atoms with E-state index in [4.69, 9.17) is 5.11 Å². The van der Waals surface area contributed by atoms with Crippen LogP contribution in [0.5, 0.6) is 0 Å². The van der Waals surface area contributed by atoms with Gasteiger partial charge in [-0.05, 0) is 12.8 Å². The van der Waals surface area contributed by atoms with Gasteiger partial charge in [-0.3, -0.25) is 9.78 Å². The normalized spacial score (nSPS) is 15.6. The Hall–Kier alpha value is -1.85. The Balaban J connectivity index is 2.32. The highest BCUT2D eigenvalue weighted by molar-refractivity contribution is 5.86. The highest BCUT2D eigenvalue weighted by Gasteiger charge is 2.16. The molecule has 0 spiro atoms. The van der Waals surface area contributed by atoms with E-state index in [1.54, 1.807) is 0 Å². The lowest BCUT2D eigenvalue weighted by Crippen LogP contribution is -2.26. The van der Waals surface area contributed by atoms with E-state index in [9.17, 15) is 9.59 Å². The van der Waals surface area contributed by atoms with Crippen molar-refractivity contribution in [2.24, 2.45) is 0 Å². The molecular formula is C9H11N3O3. The number of aromatic carboxylic acids is 1. The number of carboxylic acids is 1. The molecule has 1 aromatic heterocycles. The van der Waals surface area contributed by atoms with E-state index in [1.165, 1.54) is 0 Å². The van der Waals surface area contributed by atoms with Crippen LogP contribution >= 0.6 is 0 Å². The number of hydrogen-bond acceptors (Lipinski definition) is 4. The minimum Gasteiger partial charge on any atom is -0.477 e. The number of carbonyl (C=O) groups is 1. The van der Waals surface area contributed by atoms with E-state index in [2.05, 4.69) is 9.97 Å². The third-order valence-electron chi connectivity index (χ3n) is 2.42. The monoisotopic (exact) mass is 209 g/mol. The van der Waals surface area contributed by atoms with Gasteiger partial charge in [0.1, 0.15) is 5.56 Å². The van der Waals surface area contributed by atoms with Crippen molar-refractivity contribution >= 4 is 11.9 Å². The van der Waals surface area contributed by atoms with Gasteiger partial charge in [0.05, 0.1) is 6.20 Å². The van der Waals surface area contributed by atoms with Crippen molar-refractivity contribution in [3.63, 3.8) is 0 Å². The van der Waals surface area contributed by atoms with Crippen LogP contribution in [-0.4, -0.2) is 34.1 Å². The summed E-state index contributed by atoms with van der Waals surface area (Å²) in [7, 11) is 0. The topological polar surface area (TPSA) is 86.3 Å². The molecule has 1 aliphatic heterocycles. The zero-order chi connectivity index (χ0) is 10.8. The molecule has 6 nitrogen and oxygen atoms in total. The minimum absolute atomic E-state index is 0.321.